The summed E-state index contributed by atoms with van der Waals surface area (Å²) in [6.07, 6.45) is 8.83. The molecule has 4 bridgehead atoms. The summed E-state index contributed by atoms with van der Waals surface area (Å²) in [7, 11) is 0. The molecule has 2 heterocycles. The number of nitrogens with one attached hydrogen (secondary N) is 1. The number of carbonyl (C=O) groups excluding carboxylic acids is 1. The summed E-state index contributed by atoms with van der Waals surface area (Å²) in [6, 6.07) is 16.0. The number of pyridine rings is 1. The quantitative estimate of drug-likeness (QED) is 0.470. The van der Waals surface area contributed by atoms with Gasteiger partial charge in [-0.15, -0.1) is 0 Å². The molecule has 0 aliphatic heterocycles. The molecule has 7 heteroatoms. The van der Waals surface area contributed by atoms with Crippen LogP contribution in [0.25, 0.3) is 0 Å². The van der Waals surface area contributed by atoms with Crippen LogP contribution in [-0.4, -0.2) is 28.7 Å². The minimum atomic E-state index is -0.178. The minimum Gasteiger partial charge on any atom is -0.474 e. The largest absolute Gasteiger partial charge is 0.474 e. The van der Waals surface area contributed by atoms with Gasteiger partial charge in [0.25, 0.3) is 11.8 Å². The van der Waals surface area contributed by atoms with Crippen LogP contribution in [0, 0.1) is 23.7 Å². The molecule has 1 N–H and O–H groups in total. The van der Waals surface area contributed by atoms with E-state index in [-0.39, 0.29) is 17.7 Å². The van der Waals surface area contributed by atoms with Gasteiger partial charge in [-0.1, -0.05) is 36.0 Å². The van der Waals surface area contributed by atoms with Crippen LogP contribution >= 0.6 is 11.8 Å². The van der Waals surface area contributed by atoms with Gasteiger partial charge < -0.3 is 14.6 Å². The summed E-state index contributed by atoms with van der Waals surface area (Å²) in [5.41, 5.74) is 0.947. The van der Waals surface area contributed by atoms with Gasteiger partial charge in [-0.05, 0) is 85.2 Å². The third-order valence-electron chi connectivity index (χ3n) is 7.64. The number of aromatic nitrogens is 2. The van der Waals surface area contributed by atoms with Crippen molar-refractivity contribution in [2.75, 3.05) is 6.61 Å². The summed E-state index contributed by atoms with van der Waals surface area (Å²) in [5.74, 6) is 3.36. The number of hydrogen-bond acceptors (Lipinski definition) is 6. The Kier molecular flexibility index (Phi) is 6.04. The highest BCUT2D eigenvalue weighted by molar-refractivity contribution is 7.99. The van der Waals surface area contributed by atoms with Crippen LogP contribution in [0.3, 0.4) is 0 Å². The van der Waals surface area contributed by atoms with Crippen molar-refractivity contribution in [3.05, 3.63) is 66.2 Å². The number of hydrogen-bond donors (Lipinski definition) is 1. The Hall–Kier alpha value is -2.80. The van der Waals surface area contributed by atoms with Gasteiger partial charge in [-0.25, -0.2) is 0 Å². The van der Waals surface area contributed by atoms with Crippen LogP contribution in [0.4, 0.5) is 0 Å². The first-order valence-electron chi connectivity index (χ1n) is 12.3. The number of nitrogens with zero attached hydrogens (tertiary/aromatic N) is 2. The van der Waals surface area contributed by atoms with Gasteiger partial charge >= 0.3 is 0 Å². The fourth-order valence-electron chi connectivity index (χ4n) is 6.38. The van der Waals surface area contributed by atoms with E-state index in [1.807, 2.05) is 48.5 Å². The normalized spacial score (nSPS) is 27.0. The van der Waals surface area contributed by atoms with Crippen LogP contribution in [0.1, 0.15) is 48.4 Å². The van der Waals surface area contributed by atoms with Crippen molar-refractivity contribution in [3.63, 3.8) is 0 Å². The number of amides is 1. The zero-order valence-corrected chi connectivity index (χ0v) is 19.9. The van der Waals surface area contributed by atoms with Crippen molar-refractivity contribution in [1.82, 2.24) is 15.5 Å². The fourth-order valence-corrected chi connectivity index (χ4v) is 7.31. The summed E-state index contributed by atoms with van der Waals surface area (Å²) < 4.78 is 11.6. The zero-order chi connectivity index (χ0) is 22.9. The Morgan fingerprint density at radius 3 is 2.44 bits per heavy atom. The molecule has 4 fully saturated rings. The van der Waals surface area contributed by atoms with Crippen LogP contribution in [0.15, 0.2) is 69.0 Å². The Bertz CT molecular complexity index is 1110. The molecule has 7 rings (SSSR count). The molecule has 1 amide bonds. The molecule has 2 aromatic heterocycles. The monoisotopic (exact) mass is 475 g/mol. The second-order valence-corrected chi connectivity index (χ2v) is 11.0. The molecular formula is C27H29N3O3S. The molecule has 4 saturated carbocycles. The standard InChI is InChI=1S/C27H29N3O3S/c31-26(29-23-19-13-17-12-18(15-19)16-20(23)14-17)24-25(34-22-7-2-1-3-8-22)27(30-33-24)32-11-9-21-6-4-5-10-28-21/h1-8,10,17-20,23H,9,11-16H2,(H,29,31). The first-order chi connectivity index (χ1) is 16.7. The van der Waals surface area contributed by atoms with Gasteiger partial charge in [-0.2, -0.15) is 0 Å². The van der Waals surface area contributed by atoms with Crippen molar-refractivity contribution < 1.29 is 14.1 Å². The van der Waals surface area contributed by atoms with E-state index in [9.17, 15) is 4.79 Å². The van der Waals surface area contributed by atoms with E-state index in [2.05, 4.69) is 15.5 Å². The number of ether oxygens (including phenoxy) is 1. The van der Waals surface area contributed by atoms with Gasteiger partial charge in [0.1, 0.15) is 4.90 Å². The Morgan fingerprint density at radius 2 is 1.74 bits per heavy atom. The van der Waals surface area contributed by atoms with Crippen molar-refractivity contribution in [3.8, 4) is 5.88 Å². The molecule has 1 aromatic carbocycles. The summed E-state index contributed by atoms with van der Waals surface area (Å²) >= 11 is 1.46. The lowest BCUT2D eigenvalue weighted by molar-refractivity contribution is -0.0124. The third kappa shape index (κ3) is 4.45. The Balaban J connectivity index is 1.20. The van der Waals surface area contributed by atoms with Gasteiger partial charge in [0.15, 0.2) is 0 Å². The number of rotatable bonds is 8. The lowest BCUT2D eigenvalue weighted by Crippen LogP contribution is -2.55. The molecular weight excluding hydrogens is 446 g/mol. The molecule has 4 aliphatic rings. The summed E-state index contributed by atoms with van der Waals surface area (Å²) in [5, 5.41) is 7.50. The number of benzene rings is 1. The average molecular weight is 476 g/mol. The zero-order valence-electron chi connectivity index (χ0n) is 19.1. The smallest absolute Gasteiger partial charge is 0.291 e. The maximum absolute atomic E-state index is 13.4. The van der Waals surface area contributed by atoms with E-state index in [1.165, 1.54) is 43.9 Å². The van der Waals surface area contributed by atoms with E-state index in [1.54, 1.807) is 6.20 Å². The Labute approximate surface area is 203 Å². The highest BCUT2D eigenvalue weighted by Gasteiger charge is 2.49. The van der Waals surface area contributed by atoms with Crippen LogP contribution in [-0.2, 0) is 6.42 Å². The minimum absolute atomic E-state index is 0.178. The van der Waals surface area contributed by atoms with Gasteiger partial charge in [0.2, 0.25) is 5.76 Å². The van der Waals surface area contributed by atoms with Crippen LogP contribution in [0.5, 0.6) is 5.88 Å². The lowest BCUT2D eigenvalue weighted by atomic mass is 9.54. The van der Waals surface area contributed by atoms with E-state index >= 15 is 0 Å². The summed E-state index contributed by atoms with van der Waals surface area (Å²) in [6.45, 7) is 0.405. The molecule has 34 heavy (non-hydrogen) atoms. The number of carbonyl (C=O) groups is 1. The molecule has 6 nitrogen and oxygen atoms in total. The maximum atomic E-state index is 13.4. The molecule has 0 spiro atoms. The van der Waals surface area contributed by atoms with E-state index in [4.69, 9.17) is 9.26 Å². The van der Waals surface area contributed by atoms with Gasteiger partial charge in [0, 0.05) is 29.2 Å². The van der Waals surface area contributed by atoms with Crippen molar-refractivity contribution in [2.24, 2.45) is 23.7 Å². The lowest BCUT2D eigenvalue weighted by Gasteiger charge is -2.54. The molecule has 0 saturated heterocycles. The highest BCUT2D eigenvalue weighted by atomic mass is 32.2. The van der Waals surface area contributed by atoms with Crippen molar-refractivity contribution in [1.29, 1.82) is 0 Å². The van der Waals surface area contributed by atoms with E-state index < -0.39 is 0 Å². The molecule has 0 atom stereocenters. The molecule has 0 unspecified atom stereocenters. The fraction of sp³-hybridized carbons (Fsp3) is 0.444. The third-order valence-corrected chi connectivity index (χ3v) is 8.71. The van der Waals surface area contributed by atoms with Crippen molar-refractivity contribution in [2.45, 2.75) is 54.4 Å². The van der Waals surface area contributed by atoms with Crippen molar-refractivity contribution >= 4 is 17.7 Å². The molecule has 176 valence electrons. The first kappa shape index (κ1) is 21.7. The van der Waals surface area contributed by atoms with Crippen LogP contribution < -0.4 is 10.1 Å². The molecule has 3 aromatic rings. The second kappa shape index (κ2) is 9.45. The van der Waals surface area contributed by atoms with Gasteiger partial charge in [0.05, 0.1) is 6.61 Å². The molecule has 4 aliphatic carbocycles. The molecule has 0 radical (unpaired) electrons. The second-order valence-electron chi connectivity index (χ2n) is 9.91. The predicted molar refractivity (Wildman–Crippen MR) is 129 cm³/mol. The maximum Gasteiger partial charge on any atom is 0.291 e. The Morgan fingerprint density at radius 1 is 1.00 bits per heavy atom. The van der Waals surface area contributed by atoms with Gasteiger partial charge in [-0.3, -0.25) is 9.78 Å². The topological polar surface area (TPSA) is 77.2 Å². The average Bonchev–Trinajstić information content (AvgIpc) is 3.24. The van der Waals surface area contributed by atoms with Crippen LogP contribution in [0.2, 0.25) is 0 Å². The van der Waals surface area contributed by atoms with E-state index in [0.29, 0.717) is 35.6 Å². The van der Waals surface area contributed by atoms with E-state index in [0.717, 1.165) is 22.4 Å². The first-order valence-corrected chi connectivity index (χ1v) is 13.1. The highest BCUT2D eigenvalue weighted by Crippen LogP contribution is 2.53. The predicted octanol–water partition coefficient (Wildman–Crippen LogP) is 5.40. The summed E-state index contributed by atoms with van der Waals surface area (Å²) in [4.78, 5) is 19.4. The SMILES string of the molecule is O=C(NC1C2CC3CC(C2)CC1C3)c1onc(OCCc2ccccn2)c1Sc1ccccc1.